The van der Waals surface area contributed by atoms with Crippen LogP contribution in [-0.4, -0.2) is 42.2 Å². The van der Waals surface area contributed by atoms with Crippen molar-refractivity contribution in [2.45, 2.75) is 90.0 Å². The molecule has 1 aliphatic rings. The number of nitrogens with two attached hydrogens (primary N) is 2. The van der Waals surface area contributed by atoms with Gasteiger partial charge in [0.15, 0.2) is 11.7 Å². The van der Waals surface area contributed by atoms with Gasteiger partial charge in [-0.3, -0.25) is 19.4 Å². The fourth-order valence-electron chi connectivity index (χ4n) is 3.81. The lowest BCUT2D eigenvalue weighted by Crippen LogP contribution is -2.54. The van der Waals surface area contributed by atoms with Gasteiger partial charge in [0.05, 0.1) is 5.54 Å². The molecule has 0 aromatic heterocycles. The highest BCUT2D eigenvalue weighted by atomic mass is 16.2. The van der Waals surface area contributed by atoms with Crippen molar-refractivity contribution in [1.82, 2.24) is 10.6 Å². The van der Waals surface area contributed by atoms with E-state index in [0.29, 0.717) is 45.2 Å². The number of guanidine groups is 1. The molecule has 29 heavy (non-hydrogen) atoms. The lowest BCUT2D eigenvalue weighted by molar-refractivity contribution is -0.135. The zero-order valence-corrected chi connectivity index (χ0v) is 18.1. The van der Waals surface area contributed by atoms with Crippen molar-refractivity contribution in [2.24, 2.45) is 22.4 Å². The molecule has 1 heterocycles. The number of nitrogens with one attached hydrogen (secondary N) is 2. The normalized spacial score (nSPS) is 22.0. The Hall–Kier alpha value is -2.12. The van der Waals surface area contributed by atoms with Crippen molar-refractivity contribution < 1.29 is 14.4 Å². The van der Waals surface area contributed by atoms with Crippen LogP contribution in [-0.2, 0) is 14.4 Å². The van der Waals surface area contributed by atoms with Crippen LogP contribution in [0.2, 0.25) is 0 Å². The van der Waals surface area contributed by atoms with E-state index in [1.165, 1.54) is 0 Å². The maximum Gasteiger partial charge on any atom is 0.223 e. The molecule has 0 unspecified atom stereocenters. The topological polar surface area (TPSA) is 140 Å². The second kappa shape index (κ2) is 13.2. The number of carbonyl (C=O) groups is 3. The van der Waals surface area contributed by atoms with Gasteiger partial charge in [0.25, 0.3) is 0 Å². The van der Waals surface area contributed by atoms with E-state index in [1.54, 1.807) is 0 Å². The summed E-state index contributed by atoms with van der Waals surface area (Å²) in [6.45, 7) is 4.85. The van der Waals surface area contributed by atoms with E-state index >= 15 is 0 Å². The van der Waals surface area contributed by atoms with Crippen LogP contribution in [0.4, 0.5) is 0 Å². The van der Waals surface area contributed by atoms with Crippen molar-refractivity contribution in [3.8, 4) is 0 Å². The molecule has 166 valence electrons. The Morgan fingerprint density at radius 2 is 1.72 bits per heavy atom. The molecule has 0 spiro atoms. The summed E-state index contributed by atoms with van der Waals surface area (Å²) in [7, 11) is 0. The molecule has 6 N–H and O–H groups in total. The number of hydrogen-bond donors (Lipinski definition) is 4. The highest BCUT2D eigenvalue weighted by Gasteiger charge is 2.38. The molecule has 1 atom stereocenters. The van der Waals surface area contributed by atoms with Crippen LogP contribution in [0.15, 0.2) is 4.99 Å². The van der Waals surface area contributed by atoms with E-state index in [0.717, 1.165) is 32.1 Å². The summed E-state index contributed by atoms with van der Waals surface area (Å²) in [5, 5.41) is 5.97. The monoisotopic (exact) mass is 409 g/mol. The van der Waals surface area contributed by atoms with Crippen LogP contribution in [0.5, 0.6) is 0 Å². The van der Waals surface area contributed by atoms with Crippen molar-refractivity contribution in [1.29, 1.82) is 0 Å². The third kappa shape index (κ3) is 8.83. The van der Waals surface area contributed by atoms with E-state index < -0.39 is 11.5 Å². The average Bonchev–Trinajstić information content (AvgIpc) is 2.69. The molecule has 1 rings (SSSR count). The molecule has 0 radical (unpaired) electrons. The number of amides is 2. The summed E-state index contributed by atoms with van der Waals surface area (Å²) in [5.74, 6) is -0.689. The van der Waals surface area contributed by atoms with E-state index in [9.17, 15) is 14.4 Å². The van der Waals surface area contributed by atoms with Gasteiger partial charge >= 0.3 is 0 Å². The molecule has 8 heteroatoms. The summed E-state index contributed by atoms with van der Waals surface area (Å²) in [6.07, 6.45) is 7.46. The second-order valence-corrected chi connectivity index (χ2v) is 7.92. The average molecular weight is 410 g/mol. The van der Waals surface area contributed by atoms with Crippen LogP contribution >= 0.6 is 0 Å². The molecular formula is C21H39N5O3. The zero-order chi connectivity index (χ0) is 21.7. The van der Waals surface area contributed by atoms with Gasteiger partial charge < -0.3 is 22.1 Å². The Balaban J connectivity index is 2.96. The summed E-state index contributed by atoms with van der Waals surface area (Å²) in [5.41, 5.74) is 9.80. The predicted octanol–water partition coefficient (Wildman–Crippen LogP) is 1.76. The minimum absolute atomic E-state index is 0.0197. The molecular weight excluding hydrogens is 370 g/mol. The molecule has 0 aliphatic carbocycles. The first-order valence-corrected chi connectivity index (χ1v) is 11.0. The van der Waals surface area contributed by atoms with Crippen LogP contribution in [0, 0.1) is 5.92 Å². The van der Waals surface area contributed by atoms with E-state index in [2.05, 4.69) is 15.6 Å². The number of Topliss-reactive ketones (excluding diaryl/α,β-unsaturated/α-hetero) is 1. The molecule has 8 nitrogen and oxygen atoms in total. The fraction of sp³-hybridized carbons (Fsp3) is 0.810. The second-order valence-electron chi connectivity index (χ2n) is 7.92. The number of carbonyl (C=O) groups excluding carboxylic acids is 3. The number of ketones is 1. The van der Waals surface area contributed by atoms with Crippen LogP contribution < -0.4 is 22.1 Å². The SMILES string of the molecule is CCC1(CC)NC(=O)CCCCCCCNC(=O)[C@H](CCCN=C(N)N)CC1=O. The Kier molecular flexibility index (Phi) is 11.3. The van der Waals surface area contributed by atoms with Gasteiger partial charge in [-0.15, -0.1) is 0 Å². The molecule has 1 fully saturated rings. The summed E-state index contributed by atoms with van der Waals surface area (Å²) in [6, 6.07) is 0. The molecule has 0 bridgehead atoms. The van der Waals surface area contributed by atoms with Crippen LogP contribution in [0.25, 0.3) is 0 Å². The Morgan fingerprint density at radius 1 is 1.07 bits per heavy atom. The number of aliphatic imine (C=N–C) groups is 1. The first-order chi connectivity index (χ1) is 13.8. The van der Waals surface area contributed by atoms with E-state index in [-0.39, 0.29) is 30.0 Å². The number of nitrogens with zero attached hydrogens (tertiary/aromatic N) is 1. The molecule has 2 amide bonds. The van der Waals surface area contributed by atoms with E-state index in [4.69, 9.17) is 11.5 Å². The van der Waals surface area contributed by atoms with Gasteiger partial charge in [-0.25, -0.2) is 0 Å². The lowest BCUT2D eigenvalue weighted by Gasteiger charge is -2.32. The fourth-order valence-corrected chi connectivity index (χ4v) is 3.81. The van der Waals surface area contributed by atoms with Crippen LogP contribution in [0.1, 0.15) is 84.5 Å². The van der Waals surface area contributed by atoms with Crippen LogP contribution in [0.3, 0.4) is 0 Å². The molecule has 0 saturated carbocycles. The minimum atomic E-state index is -0.907. The molecule has 1 aliphatic heterocycles. The number of rotatable bonds is 6. The largest absolute Gasteiger partial charge is 0.370 e. The molecule has 1 saturated heterocycles. The third-order valence-corrected chi connectivity index (χ3v) is 5.81. The highest BCUT2D eigenvalue weighted by Crippen LogP contribution is 2.24. The minimum Gasteiger partial charge on any atom is -0.370 e. The van der Waals surface area contributed by atoms with Crippen molar-refractivity contribution >= 4 is 23.6 Å². The van der Waals surface area contributed by atoms with E-state index in [1.807, 2.05) is 13.8 Å². The quantitative estimate of drug-likeness (QED) is 0.301. The summed E-state index contributed by atoms with van der Waals surface area (Å²) in [4.78, 5) is 42.4. The number of hydrogen-bond acceptors (Lipinski definition) is 4. The summed E-state index contributed by atoms with van der Waals surface area (Å²) < 4.78 is 0. The standard InChI is InChI=1S/C21H39N5O3/c1-3-21(4-2)17(27)15-16(11-10-14-25-20(22)23)19(29)24-13-9-7-5-6-8-12-18(28)26-21/h16H,3-15H2,1-2H3,(H,24,29)(H,26,28)(H4,22,23,25)/t16-/m1/s1. The van der Waals surface area contributed by atoms with Crippen molar-refractivity contribution in [2.75, 3.05) is 13.1 Å². The van der Waals surface area contributed by atoms with Crippen molar-refractivity contribution in [3.05, 3.63) is 0 Å². The van der Waals surface area contributed by atoms with Gasteiger partial charge in [0.1, 0.15) is 0 Å². The van der Waals surface area contributed by atoms with Gasteiger partial charge in [0, 0.05) is 31.8 Å². The summed E-state index contributed by atoms with van der Waals surface area (Å²) >= 11 is 0. The van der Waals surface area contributed by atoms with Gasteiger partial charge in [-0.1, -0.05) is 33.1 Å². The molecule has 0 aromatic carbocycles. The Labute approximate surface area is 174 Å². The van der Waals surface area contributed by atoms with Gasteiger partial charge in [-0.05, 0) is 38.5 Å². The first kappa shape index (κ1) is 24.9. The Morgan fingerprint density at radius 3 is 2.38 bits per heavy atom. The maximum absolute atomic E-state index is 13.2. The Bertz CT molecular complexity index is 569. The van der Waals surface area contributed by atoms with Gasteiger partial charge in [0.2, 0.25) is 11.8 Å². The maximum atomic E-state index is 13.2. The molecule has 0 aromatic rings. The van der Waals surface area contributed by atoms with Crippen molar-refractivity contribution in [3.63, 3.8) is 0 Å². The van der Waals surface area contributed by atoms with Gasteiger partial charge in [-0.2, -0.15) is 0 Å². The highest BCUT2D eigenvalue weighted by molar-refractivity contribution is 5.95. The smallest absolute Gasteiger partial charge is 0.223 e. The predicted molar refractivity (Wildman–Crippen MR) is 115 cm³/mol. The first-order valence-electron chi connectivity index (χ1n) is 11.0. The zero-order valence-electron chi connectivity index (χ0n) is 18.1. The third-order valence-electron chi connectivity index (χ3n) is 5.81. The lowest BCUT2D eigenvalue weighted by atomic mass is 9.81.